The number of halogens is 1. The minimum absolute atomic E-state index is 0.736. The molecule has 3 rings (SSSR count). The Bertz CT molecular complexity index is 557. The molecule has 1 saturated carbocycles. The number of benzene rings is 1. The minimum Gasteiger partial charge on any atom is -0.282 e. The van der Waals surface area contributed by atoms with Gasteiger partial charge in [0.1, 0.15) is 11.6 Å². The Labute approximate surface area is 134 Å². The summed E-state index contributed by atoms with van der Waals surface area (Å²) in [5, 5.41) is 9.57. The van der Waals surface area contributed by atoms with Gasteiger partial charge in [-0.2, -0.15) is 0 Å². The highest BCUT2D eigenvalue weighted by atomic mass is 79.9. The summed E-state index contributed by atoms with van der Waals surface area (Å²) in [7, 11) is 0. The standard InChI is InChI=1S/C17H22BrN3/c18-13-17-20-19-16(12-14-8-4-1-2-5-9-14)21(17)15-10-6-3-7-11-15/h3,6-7,10-11,14H,1-2,4-5,8-9,12-13H2. The maximum atomic E-state index is 4.47. The van der Waals surface area contributed by atoms with E-state index >= 15 is 0 Å². The number of alkyl halides is 1. The summed E-state index contributed by atoms with van der Waals surface area (Å²) >= 11 is 3.53. The van der Waals surface area contributed by atoms with E-state index in [-0.39, 0.29) is 0 Å². The van der Waals surface area contributed by atoms with Crippen LogP contribution in [0.4, 0.5) is 0 Å². The van der Waals surface area contributed by atoms with Gasteiger partial charge in [0.2, 0.25) is 0 Å². The third kappa shape index (κ3) is 3.54. The zero-order chi connectivity index (χ0) is 14.5. The molecule has 4 heteroatoms. The quantitative estimate of drug-likeness (QED) is 0.594. The van der Waals surface area contributed by atoms with Gasteiger partial charge in [-0.25, -0.2) is 0 Å². The molecular formula is C17H22BrN3. The number of hydrogen-bond acceptors (Lipinski definition) is 2. The van der Waals surface area contributed by atoms with Crippen LogP contribution in [0.3, 0.4) is 0 Å². The molecule has 0 atom stereocenters. The van der Waals surface area contributed by atoms with E-state index in [0.29, 0.717) is 0 Å². The van der Waals surface area contributed by atoms with Crippen molar-refractivity contribution in [2.75, 3.05) is 0 Å². The highest BCUT2D eigenvalue weighted by Crippen LogP contribution is 2.27. The van der Waals surface area contributed by atoms with E-state index < -0.39 is 0 Å². The van der Waals surface area contributed by atoms with Crippen molar-refractivity contribution >= 4 is 15.9 Å². The van der Waals surface area contributed by atoms with Crippen molar-refractivity contribution in [1.82, 2.24) is 14.8 Å². The van der Waals surface area contributed by atoms with Gasteiger partial charge in [-0.05, 0) is 18.1 Å². The lowest BCUT2D eigenvalue weighted by molar-refractivity contribution is 0.445. The van der Waals surface area contributed by atoms with Gasteiger partial charge in [0.25, 0.3) is 0 Å². The van der Waals surface area contributed by atoms with E-state index in [1.54, 1.807) is 0 Å². The summed E-state index contributed by atoms with van der Waals surface area (Å²) in [5.74, 6) is 2.87. The van der Waals surface area contributed by atoms with Crippen molar-refractivity contribution in [3.63, 3.8) is 0 Å². The van der Waals surface area contributed by atoms with Crippen molar-refractivity contribution in [2.45, 2.75) is 50.3 Å². The SMILES string of the molecule is BrCc1nnc(CC2CCCCCC2)n1-c1ccccc1. The summed E-state index contributed by atoms with van der Waals surface area (Å²) < 4.78 is 2.22. The van der Waals surface area contributed by atoms with Crippen LogP contribution >= 0.6 is 15.9 Å². The summed E-state index contributed by atoms with van der Waals surface area (Å²) in [6.45, 7) is 0. The molecule has 3 nitrogen and oxygen atoms in total. The van der Waals surface area contributed by atoms with Crippen LogP contribution < -0.4 is 0 Å². The van der Waals surface area contributed by atoms with E-state index in [4.69, 9.17) is 0 Å². The molecule has 0 N–H and O–H groups in total. The Morgan fingerprint density at radius 3 is 2.29 bits per heavy atom. The van der Waals surface area contributed by atoms with Crippen LogP contribution in [0.25, 0.3) is 5.69 Å². The van der Waals surface area contributed by atoms with Crippen LogP contribution in [0.2, 0.25) is 0 Å². The Morgan fingerprint density at radius 1 is 0.952 bits per heavy atom. The molecule has 1 aromatic carbocycles. The Balaban J connectivity index is 1.86. The molecular weight excluding hydrogens is 326 g/mol. The average molecular weight is 348 g/mol. The maximum absolute atomic E-state index is 4.47. The first-order valence-electron chi connectivity index (χ1n) is 7.93. The Kier molecular flexibility index (Phi) is 5.07. The molecule has 2 aromatic rings. The summed E-state index contributed by atoms with van der Waals surface area (Å²) in [4.78, 5) is 0. The number of hydrogen-bond donors (Lipinski definition) is 0. The highest BCUT2D eigenvalue weighted by molar-refractivity contribution is 9.08. The van der Waals surface area contributed by atoms with Gasteiger partial charge < -0.3 is 0 Å². The molecule has 0 amide bonds. The zero-order valence-corrected chi connectivity index (χ0v) is 13.9. The van der Waals surface area contributed by atoms with Crippen LogP contribution in [-0.2, 0) is 11.8 Å². The second kappa shape index (κ2) is 7.21. The maximum Gasteiger partial charge on any atom is 0.148 e. The van der Waals surface area contributed by atoms with Crippen LogP contribution in [0.1, 0.15) is 50.2 Å². The molecule has 1 aromatic heterocycles. The Morgan fingerprint density at radius 2 is 1.62 bits per heavy atom. The molecule has 1 aliphatic rings. The highest BCUT2D eigenvalue weighted by Gasteiger charge is 2.19. The van der Waals surface area contributed by atoms with Crippen LogP contribution in [0.15, 0.2) is 30.3 Å². The van der Waals surface area contributed by atoms with Gasteiger partial charge in [0.05, 0.1) is 5.33 Å². The molecule has 0 bridgehead atoms. The van der Waals surface area contributed by atoms with Gasteiger partial charge in [-0.15, -0.1) is 10.2 Å². The molecule has 0 radical (unpaired) electrons. The first-order chi connectivity index (χ1) is 10.4. The third-order valence-corrected chi connectivity index (χ3v) is 4.88. The molecule has 0 aliphatic heterocycles. The lowest BCUT2D eigenvalue weighted by atomic mass is 9.96. The molecule has 1 aliphatic carbocycles. The van der Waals surface area contributed by atoms with E-state index in [9.17, 15) is 0 Å². The number of aromatic nitrogens is 3. The van der Waals surface area contributed by atoms with Crippen molar-refractivity contribution in [1.29, 1.82) is 0 Å². The smallest absolute Gasteiger partial charge is 0.148 e. The van der Waals surface area contributed by atoms with E-state index in [0.717, 1.165) is 29.3 Å². The van der Waals surface area contributed by atoms with Gasteiger partial charge in [0, 0.05) is 12.1 Å². The molecule has 1 heterocycles. The lowest BCUT2D eigenvalue weighted by Gasteiger charge is -2.15. The van der Waals surface area contributed by atoms with Crippen LogP contribution in [-0.4, -0.2) is 14.8 Å². The fourth-order valence-corrected chi connectivity index (χ4v) is 3.64. The van der Waals surface area contributed by atoms with E-state index in [1.165, 1.54) is 44.2 Å². The molecule has 0 saturated heterocycles. The Hall–Kier alpha value is -1.16. The van der Waals surface area contributed by atoms with Crippen LogP contribution in [0.5, 0.6) is 0 Å². The van der Waals surface area contributed by atoms with Gasteiger partial charge in [-0.3, -0.25) is 4.57 Å². The predicted molar refractivity (Wildman–Crippen MR) is 88.9 cm³/mol. The molecule has 112 valence electrons. The zero-order valence-electron chi connectivity index (χ0n) is 12.3. The lowest BCUT2D eigenvalue weighted by Crippen LogP contribution is -2.10. The topological polar surface area (TPSA) is 30.7 Å². The van der Waals surface area contributed by atoms with Crippen LogP contribution in [0, 0.1) is 5.92 Å². The van der Waals surface area contributed by atoms with E-state index in [1.807, 2.05) is 6.07 Å². The molecule has 1 fully saturated rings. The molecule has 0 unspecified atom stereocenters. The normalized spacial score (nSPS) is 16.8. The van der Waals surface area contributed by atoms with Crippen molar-refractivity contribution in [3.05, 3.63) is 42.0 Å². The van der Waals surface area contributed by atoms with Crippen molar-refractivity contribution in [2.24, 2.45) is 5.92 Å². The number of nitrogens with zero attached hydrogens (tertiary/aromatic N) is 3. The predicted octanol–water partition coefficient (Wildman–Crippen LogP) is 4.68. The van der Waals surface area contributed by atoms with E-state index in [2.05, 4.69) is 55.0 Å². The minimum atomic E-state index is 0.736. The third-order valence-electron chi connectivity index (χ3n) is 4.38. The first kappa shape index (κ1) is 14.8. The number of para-hydroxylation sites is 1. The fraction of sp³-hybridized carbons (Fsp3) is 0.529. The molecule has 21 heavy (non-hydrogen) atoms. The number of rotatable bonds is 4. The first-order valence-corrected chi connectivity index (χ1v) is 9.05. The van der Waals surface area contributed by atoms with Gasteiger partial charge in [-0.1, -0.05) is 72.7 Å². The fourth-order valence-electron chi connectivity index (χ4n) is 3.27. The summed E-state index contributed by atoms with van der Waals surface area (Å²) in [5.41, 5.74) is 1.17. The summed E-state index contributed by atoms with van der Waals surface area (Å²) in [6.07, 6.45) is 9.26. The van der Waals surface area contributed by atoms with Crippen molar-refractivity contribution in [3.8, 4) is 5.69 Å². The van der Waals surface area contributed by atoms with Crippen molar-refractivity contribution < 1.29 is 0 Å². The average Bonchev–Trinajstić information content (AvgIpc) is 2.75. The second-order valence-electron chi connectivity index (χ2n) is 5.90. The summed E-state index contributed by atoms with van der Waals surface area (Å²) in [6, 6.07) is 10.5. The van der Waals surface area contributed by atoms with Gasteiger partial charge in [0.15, 0.2) is 0 Å². The molecule has 0 spiro atoms. The van der Waals surface area contributed by atoms with Gasteiger partial charge >= 0.3 is 0 Å². The second-order valence-corrected chi connectivity index (χ2v) is 6.46. The monoisotopic (exact) mass is 347 g/mol. The largest absolute Gasteiger partial charge is 0.282 e.